The number of para-hydroxylation sites is 1. The third-order valence-corrected chi connectivity index (χ3v) is 9.07. The van der Waals surface area contributed by atoms with Gasteiger partial charge in [-0.2, -0.15) is 0 Å². The lowest BCUT2D eigenvalue weighted by Crippen LogP contribution is -2.53. The number of fused-ring (bicyclic) bond motifs is 3. The second-order valence-corrected chi connectivity index (χ2v) is 10.6. The molecule has 0 radical (unpaired) electrons. The molecule has 0 aliphatic carbocycles. The van der Waals surface area contributed by atoms with Crippen LogP contribution in [0.3, 0.4) is 0 Å². The van der Waals surface area contributed by atoms with Crippen molar-refractivity contribution >= 4 is 29.3 Å². The Balaban J connectivity index is 0.00000294. The molecule has 6 rings (SSSR count). The van der Waals surface area contributed by atoms with Crippen LogP contribution in [-0.2, 0) is 11.2 Å². The molecular formula is C30H37ClN2O5. The third kappa shape index (κ3) is 3.85. The van der Waals surface area contributed by atoms with Crippen LogP contribution < -0.4 is 14.2 Å². The monoisotopic (exact) mass is 540 g/mol. The van der Waals surface area contributed by atoms with Gasteiger partial charge in [-0.25, -0.2) is 4.79 Å². The fraction of sp³-hybridized carbons (Fsp3) is 0.500. The molecule has 0 saturated carbocycles. The molecule has 3 atom stereocenters. The molecule has 7 nitrogen and oxygen atoms in total. The minimum absolute atomic E-state index is 0. The van der Waals surface area contributed by atoms with Crippen LogP contribution >= 0.6 is 12.4 Å². The maximum Gasteiger partial charge on any atom is 0.342 e. The van der Waals surface area contributed by atoms with E-state index < -0.39 is 5.97 Å². The highest BCUT2D eigenvalue weighted by Crippen LogP contribution is 2.59. The average molecular weight is 541 g/mol. The zero-order chi connectivity index (χ0) is 25.7. The third-order valence-electron chi connectivity index (χ3n) is 9.07. The quantitative estimate of drug-likeness (QED) is 0.344. The molecular weight excluding hydrogens is 504 g/mol. The number of rotatable bonds is 7. The summed E-state index contributed by atoms with van der Waals surface area (Å²) in [5, 5.41) is 1.35. The molecule has 0 N–H and O–H groups in total. The molecule has 1 saturated heterocycles. The summed E-state index contributed by atoms with van der Waals surface area (Å²) in [5.74, 6) is 0.803. The predicted molar refractivity (Wildman–Crippen MR) is 149 cm³/mol. The SMILES string of the molecule is CC[C@]12CCCN3CCc4c(n(c5ccccc45)[C@H](COC(=O)c4ccc(OC)c(OC)c4OC)C1)[C@@H]32.Cl. The molecule has 38 heavy (non-hydrogen) atoms. The number of nitrogens with zero attached hydrogens (tertiary/aromatic N) is 2. The number of hydrogen-bond donors (Lipinski definition) is 0. The second kappa shape index (κ2) is 10.3. The molecule has 0 bridgehead atoms. The predicted octanol–water partition coefficient (Wildman–Crippen LogP) is 5.98. The molecule has 3 aliphatic rings. The van der Waals surface area contributed by atoms with Crippen LogP contribution in [0, 0.1) is 5.41 Å². The average Bonchev–Trinajstić information content (AvgIpc) is 3.29. The van der Waals surface area contributed by atoms with Crippen molar-refractivity contribution in [3.8, 4) is 17.2 Å². The van der Waals surface area contributed by atoms with E-state index >= 15 is 0 Å². The highest BCUT2D eigenvalue weighted by molar-refractivity contribution is 5.94. The Morgan fingerprint density at radius 1 is 1.03 bits per heavy atom. The normalized spacial score (nSPS) is 23.8. The van der Waals surface area contributed by atoms with E-state index in [0.29, 0.717) is 35.5 Å². The maximum absolute atomic E-state index is 13.4. The zero-order valence-corrected chi connectivity index (χ0v) is 23.4. The summed E-state index contributed by atoms with van der Waals surface area (Å²) in [4.78, 5) is 16.1. The van der Waals surface area contributed by atoms with Crippen molar-refractivity contribution in [2.45, 2.75) is 51.1 Å². The van der Waals surface area contributed by atoms with E-state index in [9.17, 15) is 4.79 Å². The lowest BCUT2D eigenvalue weighted by atomic mass is 9.63. The Bertz CT molecular complexity index is 1350. The van der Waals surface area contributed by atoms with Gasteiger partial charge in [0.25, 0.3) is 0 Å². The van der Waals surface area contributed by atoms with E-state index in [1.165, 1.54) is 55.8 Å². The van der Waals surface area contributed by atoms with Gasteiger partial charge in [0.2, 0.25) is 5.75 Å². The van der Waals surface area contributed by atoms with Crippen molar-refractivity contribution in [2.75, 3.05) is 41.0 Å². The number of carbonyl (C=O) groups is 1. The Hall–Kier alpha value is -2.90. The van der Waals surface area contributed by atoms with E-state index in [-0.39, 0.29) is 23.9 Å². The first-order chi connectivity index (χ1) is 18.1. The summed E-state index contributed by atoms with van der Waals surface area (Å²) in [6.45, 7) is 4.96. The van der Waals surface area contributed by atoms with Gasteiger partial charge in [-0.05, 0) is 67.8 Å². The number of benzene rings is 2. The summed E-state index contributed by atoms with van der Waals surface area (Å²) in [7, 11) is 4.61. The summed E-state index contributed by atoms with van der Waals surface area (Å²) in [6, 6.07) is 12.7. The first-order valence-electron chi connectivity index (χ1n) is 13.4. The van der Waals surface area contributed by atoms with E-state index in [2.05, 4.69) is 40.7 Å². The first-order valence-corrected chi connectivity index (χ1v) is 13.4. The van der Waals surface area contributed by atoms with Crippen molar-refractivity contribution in [1.82, 2.24) is 9.47 Å². The highest BCUT2D eigenvalue weighted by Gasteiger charge is 2.53. The molecule has 0 unspecified atom stereocenters. The van der Waals surface area contributed by atoms with Crippen molar-refractivity contribution in [1.29, 1.82) is 0 Å². The molecule has 8 heteroatoms. The van der Waals surface area contributed by atoms with E-state index in [4.69, 9.17) is 18.9 Å². The molecule has 4 heterocycles. The van der Waals surface area contributed by atoms with Gasteiger partial charge in [0.15, 0.2) is 11.5 Å². The number of halogens is 1. The van der Waals surface area contributed by atoms with Gasteiger partial charge in [-0.3, -0.25) is 4.90 Å². The maximum atomic E-state index is 13.4. The molecule has 0 spiro atoms. The second-order valence-electron chi connectivity index (χ2n) is 10.6. The minimum Gasteiger partial charge on any atom is -0.493 e. The van der Waals surface area contributed by atoms with Crippen molar-refractivity contribution in [3.05, 3.63) is 53.2 Å². The number of methoxy groups -OCH3 is 3. The first kappa shape index (κ1) is 26.7. The van der Waals surface area contributed by atoms with Gasteiger partial charge >= 0.3 is 5.97 Å². The number of piperidine rings is 1. The Labute approximate surface area is 230 Å². The molecule has 204 valence electrons. The Morgan fingerprint density at radius 2 is 1.82 bits per heavy atom. The van der Waals surface area contributed by atoms with Gasteiger partial charge in [0, 0.05) is 23.1 Å². The van der Waals surface area contributed by atoms with Gasteiger partial charge in [-0.1, -0.05) is 25.1 Å². The summed E-state index contributed by atoms with van der Waals surface area (Å²) < 4.78 is 25.0. The van der Waals surface area contributed by atoms with E-state index in [1.54, 1.807) is 19.2 Å². The summed E-state index contributed by atoms with van der Waals surface area (Å²) in [6.07, 6.45) is 5.67. The van der Waals surface area contributed by atoms with Crippen molar-refractivity contribution in [3.63, 3.8) is 0 Å². The highest BCUT2D eigenvalue weighted by atomic mass is 35.5. The summed E-state index contributed by atoms with van der Waals surface area (Å²) in [5.41, 5.74) is 4.76. The molecule has 3 aliphatic heterocycles. The fourth-order valence-corrected chi connectivity index (χ4v) is 7.49. The van der Waals surface area contributed by atoms with Crippen LogP contribution in [0.2, 0.25) is 0 Å². The number of carbonyl (C=O) groups excluding carboxylic acids is 1. The van der Waals surface area contributed by atoms with Gasteiger partial charge in [0.05, 0.1) is 33.4 Å². The van der Waals surface area contributed by atoms with Crippen LogP contribution in [0.15, 0.2) is 36.4 Å². The molecule has 3 aromatic rings. The summed E-state index contributed by atoms with van der Waals surface area (Å²) >= 11 is 0. The molecule has 2 aromatic carbocycles. The van der Waals surface area contributed by atoms with Gasteiger partial charge in [0.1, 0.15) is 12.2 Å². The van der Waals surface area contributed by atoms with Gasteiger partial charge < -0.3 is 23.5 Å². The molecule has 1 aromatic heterocycles. The lowest BCUT2D eigenvalue weighted by molar-refractivity contribution is -0.0445. The number of hydrogen-bond acceptors (Lipinski definition) is 6. The van der Waals surface area contributed by atoms with E-state index in [1.807, 2.05) is 0 Å². The van der Waals surface area contributed by atoms with Crippen LogP contribution in [0.4, 0.5) is 0 Å². The standard InChI is InChI=1S/C30H36N2O5.ClH/c1-5-30-14-8-15-31-16-13-21-20-9-6-7-10-23(20)32(25(21)28(30)31)19(17-30)18-37-29(33)22-11-12-24(34-2)27(36-4)26(22)35-3;/h6-7,9-12,19,28H,5,8,13-18H2,1-4H3;1H/t19-,28+,30-;/m0./s1. The number of esters is 1. The van der Waals surface area contributed by atoms with Crippen molar-refractivity contribution in [2.24, 2.45) is 5.41 Å². The molecule has 0 amide bonds. The van der Waals surface area contributed by atoms with Crippen LogP contribution in [0.1, 0.15) is 66.3 Å². The van der Waals surface area contributed by atoms with Gasteiger partial charge in [-0.15, -0.1) is 12.4 Å². The Morgan fingerprint density at radius 3 is 2.55 bits per heavy atom. The van der Waals surface area contributed by atoms with Crippen LogP contribution in [-0.4, -0.2) is 56.5 Å². The molecule has 1 fully saturated rings. The Kier molecular flexibility index (Phi) is 7.27. The van der Waals surface area contributed by atoms with Crippen molar-refractivity contribution < 1.29 is 23.7 Å². The van der Waals surface area contributed by atoms with Crippen LogP contribution in [0.25, 0.3) is 10.9 Å². The smallest absolute Gasteiger partial charge is 0.342 e. The van der Waals surface area contributed by atoms with Crippen LogP contribution in [0.5, 0.6) is 17.2 Å². The topological polar surface area (TPSA) is 62.2 Å². The number of ether oxygens (including phenoxy) is 4. The lowest BCUT2D eigenvalue weighted by Gasteiger charge is -2.56. The minimum atomic E-state index is -0.416. The largest absolute Gasteiger partial charge is 0.493 e. The fourth-order valence-electron chi connectivity index (χ4n) is 7.49. The zero-order valence-electron chi connectivity index (χ0n) is 22.6. The number of aromatic nitrogens is 1. The van der Waals surface area contributed by atoms with E-state index in [0.717, 1.165) is 25.8 Å².